The van der Waals surface area contributed by atoms with Crippen molar-refractivity contribution < 1.29 is 28.6 Å². The minimum Gasteiger partial charge on any atom is -0.465 e. The van der Waals surface area contributed by atoms with Gasteiger partial charge in [0.1, 0.15) is 16.9 Å². The molecule has 4 unspecified atom stereocenters. The lowest BCUT2D eigenvalue weighted by atomic mass is 9.83. The van der Waals surface area contributed by atoms with Crippen LogP contribution in [0, 0.1) is 27.2 Å². The Morgan fingerprint density at radius 1 is 1.06 bits per heavy atom. The Bertz CT molecular complexity index is 885. The summed E-state index contributed by atoms with van der Waals surface area (Å²) >= 11 is 2.09. The molecular weight excluding hydrogens is 511 g/mol. The predicted molar refractivity (Wildman–Crippen MR) is 124 cm³/mol. The largest absolute Gasteiger partial charge is 0.465 e. The third kappa shape index (κ3) is 5.67. The van der Waals surface area contributed by atoms with E-state index < -0.39 is 29.4 Å². The maximum atomic E-state index is 13.2. The monoisotopic (exact) mass is 540 g/mol. The van der Waals surface area contributed by atoms with Crippen molar-refractivity contribution in [3.63, 3.8) is 0 Å². The van der Waals surface area contributed by atoms with Crippen molar-refractivity contribution in [3.8, 4) is 5.75 Å². The second kappa shape index (κ2) is 9.71. The summed E-state index contributed by atoms with van der Waals surface area (Å²) in [5.41, 5.74) is -0.492. The number of hydrogen-bond donors (Lipinski definition) is 0. The molecule has 4 atom stereocenters. The highest BCUT2D eigenvalue weighted by Gasteiger charge is 2.53. The van der Waals surface area contributed by atoms with Gasteiger partial charge in [-0.1, -0.05) is 25.5 Å². The van der Waals surface area contributed by atoms with Crippen LogP contribution in [0.25, 0.3) is 0 Å². The summed E-state index contributed by atoms with van der Waals surface area (Å²) in [6, 6.07) is 4.98. The lowest BCUT2D eigenvalue weighted by Gasteiger charge is -2.25. The second-order valence-electron chi connectivity index (χ2n) is 9.08. The number of allylic oxidation sites excluding steroid dienone is 2. The van der Waals surface area contributed by atoms with Gasteiger partial charge in [0.25, 0.3) is 0 Å². The summed E-state index contributed by atoms with van der Waals surface area (Å²) < 4.78 is 17.4. The van der Waals surface area contributed by atoms with E-state index in [0.29, 0.717) is 6.61 Å². The van der Waals surface area contributed by atoms with Gasteiger partial charge in [-0.15, -0.1) is 0 Å². The van der Waals surface area contributed by atoms with Gasteiger partial charge < -0.3 is 14.2 Å². The lowest BCUT2D eigenvalue weighted by molar-refractivity contribution is -0.157. The number of ether oxygens (including phenoxy) is 3. The maximum Gasteiger partial charge on any atom is 0.342 e. The minimum atomic E-state index is -0.676. The summed E-state index contributed by atoms with van der Waals surface area (Å²) in [5, 5.41) is 0. The molecule has 1 aromatic rings. The second-order valence-corrected chi connectivity index (χ2v) is 10.3. The molecule has 0 aliphatic heterocycles. The Labute approximate surface area is 196 Å². The molecule has 6 nitrogen and oxygen atoms in total. The number of carbonyl (C=O) groups excluding carboxylic acids is 3. The first-order valence-corrected chi connectivity index (χ1v) is 11.8. The van der Waals surface area contributed by atoms with Crippen molar-refractivity contribution >= 4 is 40.5 Å². The SMILES string of the molecule is CCCCOC(=O)C1C2C=CC(C2)C1C(=O)Oc1cc(I)ccc1C(=O)OC(C)(C)C. The van der Waals surface area contributed by atoms with Crippen LogP contribution in [0.15, 0.2) is 30.4 Å². The topological polar surface area (TPSA) is 78.9 Å². The molecule has 2 bridgehead atoms. The van der Waals surface area contributed by atoms with Gasteiger partial charge in [0.05, 0.1) is 18.4 Å². The average Bonchev–Trinajstić information content (AvgIpc) is 3.28. The Morgan fingerprint density at radius 3 is 2.32 bits per heavy atom. The van der Waals surface area contributed by atoms with E-state index in [-0.39, 0.29) is 29.1 Å². The van der Waals surface area contributed by atoms with Gasteiger partial charge in [0.2, 0.25) is 0 Å². The van der Waals surface area contributed by atoms with Crippen LogP contribution in [-0.4, -0.2) is 30.1 Å². The van der Waals surface area contributed by atoms with Crippen molar-refractivity contribution in [1.82, 2.24) is 0 Å². The maximum absolute atomic E-state index is 13.2. The molecule has 0 heterocycles. The molecule has 2 aliphatic carbocycles. The fourth-order valence-corrected chi connectivity index (χ4v) is 4.60. The van der Waals surface area contributed by atoms with E-state index >= 15 is 0 Å². The van der Waals surface area contributed by atoms with Crippen LogP contribution in [0.5, 0.6) is 5.75 Å². The predicted octanol–water partition coefficient (Wildman–Crippen LogP) is 4.93. The highest BCUT2D eigenvalue weighted by atomic mass is 127. The van der Waals surface area contributed by atoms with Crippen LogP contribution < -0.4 is 4.74 Å². The molecule has 1 saturated carbocycles. The molecule has 0 spiro atoms. The van der Waals surface area contributed by atoms with Crippen LogP contribution in [0.2, 0.25) is 0 Å². The Balaban J connectivity index is 1.80. The molecule has 168 valence electrons. The lowest BCUT2D eigenvalue weighted by Crippen LogP contribution is -2.37. The molecule has 3 rings (SSSR count). The average molecular weight is 540 g/mol. The fourth-order valence-electron chi connectivity index (χ4n) is 4.14. The van der Waals surface area contributed by atoms with Gasteiger partial charge in [0.15, 0.2) is 0 Å². The molecule has 0 amide bonds. The molecule has 0 aromatic heterocycles. The van der Waals surface area contributed by atoms with Crippen molar-refractivity contribution in [2.75, 3.05) is 6.61 Å². The summed E-state index contributed by atoms with van der Waals surface area (Å²) in [5.74, 6) is -2.51. The third-order valence-electron chi connectivity index (χ3n) is 5.52. The van der Waals surface area contributed by atoms with E-state index in [1.807, 2.05) is 19.1 Å². The highest BCUT2D eigenvalue weighted by molar-refractivity contribution is 14.1. The molecule has 2 aliphatic rings. The first-order valence-electron chi connectivity index (χ1n) is 10.7. The van der Waals surface area contributed by atoms with E-state index in [0.717, 1.165) is 22.8 Å². The van der Waals surface area contributed by atoms with E-state index in [1.54, 1.807) is 39.0 Å². The Morgan fingerprint density at radius 2 is 1.71 bits per heavy atom. The molecule has 0 saturated heterocycles. The molecule has 0 radical (unpaired) electrons. The standard InChI is InChI=1S/C24H29IO6/c1-5-6-11-29-22(27)19-14-7-8-15(12-14)20(19)23(28)30-18-13-16(25)9-10-17(18)21(26)31-24(2,3)4/h7-10,13-15,19-20H,5-6,11-12H2,1-4H3. The molecule has 31 heavy (non-hydrogen) atoms. The van der Waals surface area contributed by atoms with Crippen LogP contribution >= 0.6 is 22.6 Å². The smallest absolute Gasteiger partial charge is 0.342 e. The first kappa shape index (κ1) is 23.8. The number of unbranched alkanes of at least 4 members (excludes halogenated alkanes) is 1. The van der Waals surface area contributed by atoms with Crippen molar-refractivity contribution in [1.29, 1.82) is 0 Å². The molecule has 0 N–H and O–H groups in total. The van der Waals surface area contributed by atoms with Gasteiger partial charge in [-0.25, -0.2) is 4.79 Å². The van der Waals surface area contributed by atoms with Gasteiger partial charge in [0, 0.05) is 3.57 Å². The third-order valence-corrected chi connectivity index (χ3v) is 6.19. The van der Waals surface area contributed by atoms with Crippen molar-refractivity contribution in [3.05, 3.63) is 39.5 Å². The number of benzene rings is 1. The van der Waals surface area contributed by atoms with E-state index in [9.17, 15) is 14.4 Å². The van der Waals surface area contributed by atoms with Gasteiger partial charge in [-0.3, -0.25) is 9.59 Å². The van der Waals surface area contributed by atoms with Crippen LogP contribution in [-0.2, 0) is 19.1 Å². The van der Waals surface area contributed by atoms with E-state index in [2.05, 4.69) is 22.6 Å². The minimum absolute atomic E-state index is 0.0158. The van der Waals surface area contributed by atoms with Crippen LogP contribution in [0.1, 0.15) is 57.3 Å². The van der Waals surface area contributed by atoms with Crippen LogP contribution in [0.4, 0.5) is 0 Å². The zero-order valence-corrected chi connectivity index (χ0v) is 20.5. The number of carbonyl (C=O) groups is 3. The van der Waals surface area contributed by atoms with Crippen molar-refractivity contribution in [2.45, 2.75) is 52.6 Å². The number of esters is 3. The molecule has 1 aromatic carbocycles. The highest BCUT2D eigenvalue weighted by Crippen LogP contribution is 2.49. The van der Waals surface area contributed by atoms with Gasteiger partial charge >= 0.3 is 17.9 Å². The molecule has 7 heteroatoms. The zero-order valence-electron chi connectivity index (χ0n) is 18.4. The van der Waals surface area contributed by atoms with Crippen LogP contribution in [0.3, 0.4) is 0 Å². The summed E-state index contributed by atoms with van der Waals surface area (Å²) in [7, 11) is 0. The quantitative estimate of drug-likeness (QED) is 0.161. The Hall–Kier alpha value is -1.90. The number of rotatable bonds is 7. The number of halogens is 1. The molecular formula is C24H29IO6. The summed E-state index contributed by atoms with van der Waals surface area (Å²) in [6.45, 7) is 7.71. The normalized spacial score (nSPS) is 24.2. The van der Waals surface area contributed by atoms with Gasteiger partial charge in [-0.2, -0.15) is 0 Å². The zero-order chi connectivity index (χ0) is 22.8. The van der Waals surface area contributed by atoms with E-state index in [1.165, 1.54) is 0 Å². The van der Waals surface area contributed by atoms with E-state index in [4.69, 9.17) is 14.2 Å². The Kier molecular flexibility index (Phi) is 7.44. The summed E-state index contributed by atoms with van der Waals surface area (Å²) in [4.78, 5) is 38.6. The molecule has 1 fully saturated rings. The fraction of sp³-hybridized carbons (Fsp3) is 0.542. The number of fused-ring (bicyclic) bond motifs is 2. The number of hydrogen-bond acceptors (Lipinski definition) is 6. The van der Waals surface area contributed by atoms with Gasteiger partial charge in [-0.05, 0) is 86.2 Å². The first-order chi connectivity index (χ1) is 14.6. The van der Waals surface area contributed by atoms with Crippen molar-refractivity contribution in [2.24, 2.45) is 23.7 Å². The summed E-state index contributed by atoms with van der Waals surface area (Å²) in [6.07, 6.45) is 6.43.